The predicted octanol–water partition coefficient (Wildman–Crippen LogP) is 2.69. The van der Waals surface area contributed by atoms with E-state index < -0.39 is 5.41 Å². The van der Waals surface area contributed by atoms with Crippen LogP contribution in [0.3, 0.4) is 0 Å². The fourth-order valence-electron chi connectivity index (χ4n) is 5.62. The topological polar surface area (TPSA) is 52.7 Å². The Balaban J connectivity index is 1.39. The van der Waals surface area contributed by atoms with Gasteiger partial charge in [-0.1, -0.05) is 24.3 Å². The molecule has 5 rings (SSSR count). The number of carbonyl (C=O) groups excluding carboxylic acids is 2. The quantitative estimate of drug-likeness (QED) is 0.797. The molecule has 0 saturated carbocycles. The van der Waals surface area contributed by atoms with E-state index in [1.807, 2.05) is 4.90 Å². The summed E-state index contributed by atoms with van der Waals surface area (Å²) < 4.78 is 27.2. The van der Waals surface area contributed by atoms with Crippen LogP contribution in [0.1, 0.15) is 30.4 Å². The van der Waals surface area contributed by atoms with E-state index in [1.165, 1.54) is 24.3 Å². The van der Waals surface area contributed by atoms with Crippen molar-refractivity contribution in [1.29, 1.82) is 0 Å². The number of nitrogens with zero attached hydrogens (tertiary/aromatic N) is 2. The van der Waals surface area contributed by atoms with E-state index in [4.69, 9.17) is 0 Å². The van der Waals surface area contributed by atoms with Gasteiger partial charge < -0.3 is 15.1 Å². The number of halogens is 2. The van der Waals surface area contributed by atoms with Crippen LogP contribution in [0.5, 0.6) is 0 Å². The zero-order chi connectivity index (χ0) is 22.3. The maximum atomic E-state index is 13.8. The molecule has 2 aromatic carbocycles. The van der Waals surface area contributed by atoms with Crippen LogP contribution in [-0.4, -0.2) is 60.4 Å². The summed E-state index contributed by atoms with van der Waals surface area (Å²) in [4.78, 5) is 30.3. The van der Waals surface area contributed by atoms with E-state index in [0.717, 1.165) is 25.9 Å². The number of rotatable bonds is 4. The molecule has 7 heteroatoms. The van der Waals surface area contributed by atoms with E-state index in [-0.39, 0.29) is 30.0 Å². The van der Waals surface area contributed by atoms with Crippen molar-refractivity contribution >= 4 is 11.8 Å². The van der Waals surface area contributed by atoms with Gasteiger partial charge in [0.25, 0.3) is 0 Å². The van der Waals surface area contributed by atoms with Gasteiger partial charge in [-0.3, -0.25) is 9.59 Å². The van der Waals surface area contributed by atoms with Crippen molar-refractivity contribution in [3.63, 3.8) is 0 Å². The molecule has 0 aromatic heterocycles. The van der Waals surface area contributed by atoms with Gasteiger partial charge in [-0.25, -0.2) is 8.78 Å². The number of fused-ring (bicyclic) bond motifs is 1. The lowest BCUT2D eigenvalue weighted by atomic mass is 9.73. The van der Waals surface area contributed by atoms with Crippen LogP contribution in [0.25, 0.3) is 0 Å². The third-order valence-electron chi connectivity index (χ3n) is 7.36. The summed E-state index contributed by atoms with van der Waals surface area (Å²) in [6, 6.07) is 12.1. The highest BCUT2D eigenvalue weighted by atomic mass is 19.1. The van der Waals surface area contributed by atoms with Crippen LogP contribution in [0.2, 0.25) is 0 Å². The molecule has 32 heavy (non-hydrogen) atoms. The summed E-state index contributed by atoms with van der Waals surface area (Å²) >= 11 is 0. The van der Waals surface area contributed by atoms with Crippen molar-refractivity contribution in [1.82, 2.24) is 15.1 Å². The lowest BCUT2D eigenvalue weighted by molar-refractivity contribution is -0.139. The number of carbonyl (C=O) groups is 2. The molecule has 1 N–H and O–H groups in total. The molecular formula is C25H27F2N3O2. The van der Waals surface area contributed by atoms with Gasteiger partial charge in [0, 0.05) is 25.7 Å². The van der Waals surface area contributed by atoms with Crippen molar-refractivity contribution < 1.29 is 18.4 Å². The average molecular weight is 440 g/mol. The number of piperidine rings is 1. The molecule has 168 valence electrons. The molecule has 2 amide bonds. The van der Waals surface area contributed by atoms with Crippen LogP contribution >= 0.6 is 0 Å². The minimum atomic E-state index is -1.05. The first-order valence-corrected chi connectivity index (χ1v) is 11.3. The molecule has 3 saturated heterocycles. The maximum Gasteiger partial charge on any atom is 0.242 e. The number of hydrogen-bond donors (Lipinski definition) is 1. The zero-order valence-corrected chi connectivity index (χ0v) is 17.9. The molecule has 0 aliphatic carbocycles. The van der Waals surface area contributed by atoms with Gasteiger partial charge in [0.15, 0.2) is 0 Å². The SMILES string of the molecule is O=C(CN1CCC(c2ccc(F)cc2)(c2ccc(F)cc2)C1=O)N1C[C@@H]2CCCN[C@@H]2C1. The van der Waals surface area contributed by atoms with E-state index in [0.29, 0.717) is 42.6 Å². The largest absolute Gasteiger partial charge is 0.339 e. The number of hydrogen-bond acceptors (Lipinski definition) is 3. The first-order valence-electron chi connectivity index (χ1n) is 11.3. The number of amides is 2. The molecule has 0 spiro atoms. The Bertz CT molecular complexity index is 949. The van der Waals surface area contributed by atoms with Crippen molar-refractivity contribution in [2.75, 3.05) is 32.7 Å². The van der Waals surface area contributed by atoms with E-state index in [1.54, 1.807) is 29.2 Å². The molecular weight excluding hydrogens is 412 g/mol. The molecule has 3 aliphatic heterocycles. The fraction of sp³-hybridized carbons (Fsp3) is 0.440. The van der Waals surface area contributed by atoms with E-state index in [2.05, 4.69) is 5.32 Å². The van der Waals surface area contributed by atoms with Gasteiger partial charge >= 0.3 is 0 Å². The summed E-state index contributed by atoms with van der Waals surface area (Å²) in [5.74, 6) is -0.518. The Hall–Kier alpha value is -2.80. The summed E-state index contributed by atoms with van der Waals surface area (Å²) in [6.45, 7) is 2.86. The number of nitrogens with one attached hydrogen (secondary N) is 1. The minimum Gasteiger partial charge on any atom is -0.339 e. The van der Waals surface area contributed by atoms with Crippen LogP contribution in [0, 0.1) is 17.6 Å². The zero-order valence-electron chi connectivity index (χ0n) is 17.9. The maximum absolute atomic E-state index is 13.8. The first kappa shape index (κ1) is 21.1. The Morgan fingerprint density at radius 1 is 1.00 bits per heavy atom. The molecule has 3 heterocycles. The normalized spacial score (nSPS) is 24.6. The lowest BCUT2D eigenvalue weighted by Crippen LogP contribution is -2.45. The van der Waals surface area contributed by atoms with Gasteiger partial charge in [0.1, 0.15) is 17.0 Å². The predicted molar refractivity (Wildman–Crippen MR) is 116 cm³/mol. The molecule has 0 radical (unpaired) electrons. The highest BCUT2D eigenvalue weighted by molar-refractivity contribution is 5.96. The van der Waals surface area contributed by atoms with Crippen molar-refractivity contribution in [3.8, 4) is 0 Å². The number of benzene rings is 2. The molecule has 0 unspecified atom stereocenters. The third kappa shape index (κ3) is 3.58. The van der Waals surface area contributed by atoms with Crippen LogP contribution < -0.4 is 5.32 Å². The van der Waals surface area contributed by atoms with Crippen LogP contribution in [0.4, 0.5) is 8.78 Å². The van der Waals surface area contributed by atoms with Gasteiger partial charge in [0.05, 0.1) is 6.54 Å². The smallest absolute Gasteiger partial charge is 0.242 e. The Labute approximate surface area is 186 Å². The minimum absolute atomic E-state index is 0.0302. The van der Waals surface area contributed by atoms with Gasteiger partial charge in [-0.15, -0.1) is 0 Å². The summed E-state index contributed by atoms with van der Waals surface area (Å²) in [6.07, 6.45) is 2.71. The highest BCUT2D eigenvalue weighted by Gasteiger charge is 2.50. The Morgan fingerprint density at radius 2 is 1.62 bits per heavy atom. The molecule has 2 aromatic rings. The monoisotopic (exact) mass is 439 g/mol. The van der Waals surface area contributed by atoms with E-state index in [9.17, 15) is 18.4 Å². The Morgan fingerprint density at radius 3 is 2.22 bits per heavy atom. The van der Waals surface area contributed by atoms with Gasteiger partial charge in [0.2, 0.25) is 11.8 Å². The fourth-order valence-corrected chi connectivity index (χ4v) is 5.62. The molecule has 2 atom stereocenters. The molecule has 0 bridgehead atoms. The summed E-state index contributed by atoms with van der Waals surface area (Å²) in [5.41, 5.74) is 0.256. The standard InChI is InChI=1S/C25H27F2N3O2/c26-20-7-3-18(4-8-20)25(19-5-9-21(27)10-6-19)11-13-29(24(25)32)16-23(31)30-14-17-2-1-12-28-22(17)15-30/h3-10,17,22,28H,1-2,11-16H2/t17-,22+/m0/s1. The number of likely N-dealkylation sites (tertiary alicyclic amines) is 2. The van der Waals surface area contributed by atoms with E-state index >= 15 is 0 Å². The van der Waals surface area contributed by atoms with Gasteiger partial charge in [-0.2, -0.15) is 0 Å². The third-order valence-corrected chi connectivity index (χ3v) is 7.36. The van der Waals surface area contributed by atoms with Crippen molar-refractivity contribution in [2.24, 2.45) is 5.92 Å². The van der Waals surface area contributed by atoms with Crippen molar-refractivity contribution in [2.45, 2.75) is 30.7 Å². The summed E-state index contributed by atoms with van der Waals surface area (Å²) in [7, 11) is 0. The van der Waals surface area contributed by atoms with Crippen LogP contribution in [0.15, 0.2) is 48.5 Å². The first-order chi connectivity index (χ1) is 15.5. The van der Waals surface area contributed by atoms with Crippen molar-refractivity contribution in [3.05, 3.63) is 71.3 Å². The molecule has 5 nitrogen and oxygen atoms in total. The molecule has 3 fully saturated rings. The second kappa shape index (κ2) is 8.28. The lowest BCUT2D eigenvalue weighted by Gasteiger charge is -2.29. The second-order valence-electron chi connectivity index (χ2n) is 9.16. The van der Waals surface area contributed by atoms with Crippen LogP contribution in [-0.2, 0) is 15.0 Å². The second-order valence-corrected chi connectivity index (χ2v) is 9.16. The molecule has 3 aliphatic rings. The summed E-state index contributed by atoms with van der Waals surface area (Å²) in [5, 5.41) is 3.50. The van der Waals surface area contributed by atoms with Gasteiger partial charge in [-0.05, 0) is 67.1 Å². The average Bonchev–Trinajstić information content (AvgIpc) is 3.37. The Kier molecular flexibility index (Phi) is 5.45. The highest BCUT2D eigenvalue weighted by Crippen LogP contribution is 2.42.